The summed E-state index contributed by atoms with van der Waals surface area (Å²) in [6, 6.07) is 2.01. The number of nitrogens with zero attached hydrogens (tertiary/aromatic N) is 2. The van der Waals surface area contributed by atoms with Crippen LogP contribution in [-0.4, -0.2) is 27.8 Å². The molecule has 0 aliphatic heterocycles. The van der Waals surface area contributed by atoms with Gasteiger partial charge in [-0.25, -0.2) is 9.97 Å². The van der Waals surface area contributed by atoms with E-state index in [2.05, 4.69) is 34.1 Å². The standard InChI is InChI=1S/C12H18N4S/c1-8(2)4-6-13-10-9-5-7-14-11(9)16-12(15-10)17-3/h5,7-8H,4,6H2,1-3H3,(H2,13,14,15,16). The molecule has 2 aromatic heterocycles. The molecular weight excluding hydrogens is 232 g/mol. The van der Waals surface area contributed by atoms with E-state index >= 15 is 0 Å². The molecule has 5 heteroatoms. The van der Waals surface area contributed by atoms with Crippen molar-refractivity contribution >= 4 is 28.6 Å². The first-order valence-electron chi connectivity index (χ1n) is 5.83. The number of nitrogens with one attached hydrogen (secondary N) is 2. The van der Waals surface area contributed by atoms with Crippen molar-refractivity contribution in [1.82, 2.24) is 15.0 Å². The van der Waals surface area contributed by atoms with E-state index in [0.717, 1.165) is 35.0 Å². The van der Waals surface area contributed by atoms with Crippen molar-refractivity contribution in [2.45, 2.75) is 25.4 Å². The molecule has 0 fully saturated rings. The number of hydrogen-bond acceptors (Lipinski definition) is 4. The zero-order valence-corrected chi connectivity index (χ0v) is 11.3. The average Bonchev–Trinajstić information content (AvgIpc) is 2.76. The number of aromatic amines is 1. The van der Waals surface area contributed by atoms with Crippen molar-refractivity contribution in [3.05, 3.63) is 12.3 Å². The van der Waals surface area contributed by atoms with Crippen LogP contribution in [0.2, 0.25) is 0 Å². The van der Waals surface area contributed by atoms with E-state index < -0.39 is 0 Å². The van der Waals surface area contributed by atoms with Gasteiger partial charge in [-0.05, 0) is 24.7 Å². The first kappa shape index (κ1) is 12.2. The molecule has 0 radical (unpaired) electrons. The highest BCUT2D eigenvalue weighted by molar-refractivity contribution is 7.98. The van der Waals surface area contributed by atoms with Gasteiger partial charge in [0.25, 0.3) is 0 Å². The molecular formula is C12H18N4S. The van der Waals surface area contributed by atoms with Gasteiger partial charge in [0.2, 0.25) is 0 Å². The van der Waals surface area contributed by atoms with Crippen LogP contribution >= 0.6 is 11.8 Å². The van der Waals surface area contributed by atoms with Crippen LogP contribution < -0.4 is 5.32 Å². The lowest BCUT2D eigenvalue weighted by Crippen LogP contribution is -2.07. The molecule has 0 aliphatic carbocycles. The maximum Gasteiger partial charge on any atom is 0.191 e. The summed E-state index contributed by atoms with van der Waals surface area (Å²) < 4.78 is 0. The average molecular weight is 250 g/mol. The van der Waals surface area contributed by atoms with Crippen LogP contribution in [0.4, 0.5) is 5.82 Å². The molecule has 2 rings (SSSR count). The minimum Gasteiger partial charge on any atom is -0.369 e. The molecule has 2 aromatic rings. The topological polar surface area (TPSA) is 53.6 Å². The molecule has 0 atom stereocenters. The third-order valence-corrected chi connectivity index (χ3v) is 3.14. The minimum atomic E-state index is 0.700. The predicted molar refractivity (Wildman–Crippen MR) is 73.6 cm³/mol. The lowest BCUT2D eigenvalue weighted by molar-refractivity contribution is 0.606. The second-order valence-electron chi connectivity index (χ2n) is 4.41. The molecule has 2 heterocycles. The summed E-state index contributed by atoms with van der Waals surface area (Å²) in [7, 11) is 0. The number of hydrogen-bond donors (Lipinski definition) is 2. The van der Waals surface area contributed by atoms with Gasteiger partial charge in [0.05, 0.1) is 5.39 Å². The monoisotopic (exact) mass is 250 g/mol. The van der Waals surface area contributed by atoms with Crippen molar-refractivity contribution in [3.8, 4) is 0 Å². The number of rotatable bonds is 5. The number of aromatic nitrogens is 3. The van der Waals surface area contributed by atoms with E-state index in [9.17, 15) is 0 Å². The fraction of sp³-hybridized carbons (Fsp3) is 0.500. The van der Waals surface area contributed by atoms with Gasteiger partial charge in [0.1, 0.15) is 11.5 Å². The van der Waals surface area contributed by atoms with Gasteiger partial charge in [-0.15, -0.1) is 0 Å². The Morgan fingerprint density at radius 3 is 2.94 bits per heavy atom. The summed E-state index contributed by atoms with van der Waals surface area (Å²) in [5, 5.41) is 5.26. The Morgan fingerprint density at radius 2 is 2.24 bits per heavy atom. The lowest BCUT2D eigenvalue weighted by atomic mass is 10.1. The molecule has 92 valence electrons. The van der Waals surface area contributed by atoms with Crippen molar-refractivity contribution in [2.75, 3.05) is 18.1 Å². The van der Waals surface area contributed by atoms with E-state index in [1.807, 2.05) is 18.5 Å². The first-order chi connectivity index (χ1) is 8.20. The first-order valence-corrected chi connectivity index (χ1v) is 7.06. The molecule has 0 unspecified atom stereocenters. The van der Waals surface area contributed by atoms with E-state index in [1.54, 1.807) is 11.8 Å². The van der Waals surface area contributed by atoms with Crippen molar-refractivity contribution in [1.29, 1.82) is 0 Å². The summed E-state index contributed by atoms with van der Waals surface area (Å²) in [6.45, 7) is 5.39. The van der Waals surface area contributed by atoms with Gasteiger partial charge in [-0.2, -0.15) is 0 Å². The molecule has 4 nitrogen and oxygen atoms in total. The second-order valence-corrected chi connectivity index (χ2v) is 5.18. The molecule has 0 saturated heterocycles. The molecule has 0 spiro atoms. The molecule has 17 heavy (non-hydrogen) atoms. The Labute approximate surface area is 106 Å². The predicted octanol–water partition coefficient (Wildman–Crippen LogP) is 3.14. The Bertz CT molecular complexity index is 492. The number of thioether (sulfide) groups is 1. The zero-order valence-electron chi connectivity index (χ0n) is 10.4. The SMILES string of the molecule is CSc1nc(NCCC(C)C)c2cc[nH]c2n1. The maximum atomic E-state index is 4.51. The highest BCUT2D eigenvalue weighted by Crippen LogP contribution is 2.22. The highest BCUT2D eigenvalue weighted by atomic mass is 32.2. The van der Waals surface area contributed by atoms with Crippen LogP contribution in [0.25, 0.3) is 11.0 Å². The number of anilines is 1. The quantitative estimate of drug-likeness (QED) is 0.632. The fourth-order valence-corrected chi connectivity index (χ4v) is 1.99. The fourth-order valence-electron chi connectivity index (χ4n) is 1.63. The van der Waals surface area contributed by atoms with Gasteiger partial charge in [-0.3, -0.25) is 0 Å². The van der Waals surface area contributed by atoms with E-state index in [1.165, 1.54) is 0 Å². The molecule has 0 bridgehead atoms. The Kier molecular flexibility index (Phi) is 3.89. The second kappa shape index (κ2) is 5.40. The van der Waals surface area contributed by atoms with Crippen LogP contribution in [-0.2, 0) is 0 Å². The summed E-state index contributed by atoms with van der Waals surface area (Å²) in [5.74, 6) is 1.63. The van der Waals surface area contributed by atoms with Crippen LogP contribution in [0, 0.1) is 5.92 Å². The van der Waals surface area contributed by atoms with Gasteiger partial charge < -0.3 is 10.3 Å². The van der Waals surface area contributed by atoms with Crippen LogP contribution in [0.5, 0.6) is 0 Å². The number of H-pyrrole nitrogens is 1. The van der Waals surface area contributed by atoms with Gasteiger partial charge in [-0.1, -0.05) is 25.6 Å². The van der Waals surface area contributed by atoms with E-state index in [0.29, 0.717) is 5.92 Å². The Morgan fingerprint density at radius 1 is 1.41 bits per heavy atom. The summed E-state index contributed by atoms with van der Waals surface area (Å²) in [6.07, 6.45) is 5.03. The van der Waals surface area contributed by atoms with E-state index in [-0.39, 0.29) is 0 Å². The summed E-state index contributed by atoms with van der Waals surface area (Å²) >= 11 is 1.56. The summed E-state index contributed by atoms with van der Waals surface area (Å²) in [5.41, 5.74) is 0.899. The van der Waals surface area contributed by atoms with Crippen LogP contribution in [0.15, 0.2) is 17.4 Å². The molecule has 0 amide bonds. The van der Waals surface area contributed by atoms with Crippen molar-refractivity contribution < 1.29 is 0 Å². The molecule has 0 aliphatic rings. The molecule has 0 saturated carbocycles. The Hall–Kier alpha value is -1.23. The maximum absolute atomic E-state index is 4.51. The normalized spacial score (nSPS) is 11.3. The van der Waals surface area contributed by atoms with Crippen molar-refractivity contribution in [2.24, 2.45) is 5.92 Å². The van der Waals surface area contributed by atoms with E-state index in [4.69, 9.17) is 0 Å². The zero-order chi connectivity index (χ0) is 12.3. The third kappa shape index (κ3) is 2.91. The minimum absolute atomic E-state index is 0.700. The lowest BCUT2D eigenvalue weighted by Gasteiger charge is -2.09. The van der Waals surface area contributed by atoms with Crippen LogP contribution in [0.1, 0.15) is 20.3 Å². The molecule has 0 aromatic carbocycles. The highest BCUT2D eigenvalue weighted by Gasteiger charge is 2.07. The van der Waals surface area contributed by atoms with Gasteiger partial charge in [0.15, 0.2) is 5.16 Å². The smallest absolute Gasteiger partial charge is 0.191 e. The number of fused-ring (bicyclic) bond motifs is 1. The van der Waals surface area contributed by atoms with Crippen molar-refractivity contribution in [3.63, 3.8) is 0 Å². The third-order valence-electron chi connectivity index (χ3n) is 2.59. The molecule has 2 N–H and O–H groups in total. The van der Waals surface area contributed by atoms with Crippen LogP contribution in [0.3, 0.4) is 0 Å². The van der Waals surface area contributed by atoms with Gasteiger partial charge >= 0.3 is 0 Å². The Balaban J connectivity index is 2.21. The van der Waals surface area contributed by atoms with Gasteiger partial charge in [0, 0.05) is 12.7 Å². The largest absolute Gasteiger partial charge is 0.369 e. The summed E-state index contributed by atoms with van der Waals surface area (Å²) in [4.78, 5) is 12.1.